The fraction of sp³-hybridized carbons (Fsp3) is 0.385. The van der Waals surface area contributed by atoms with Gasteiger partial charge in [-0.1, -0.05) is 0 Å². The number of benzene rings is 1. The third-order valence-corrected chi connectivity index (χ3v) is 6.20. The largest absolute Gasteiger partial charge is 0.444 e. The van der Waals surface area contributed by atoms with Crippen molar-refractivity contribution >= 4 is 46.5 Å². The van der Waals surface area contributed by atoms with Crippen LogP contribution in [0.2, 0.25) is 0 Å². The van der Waals surface area contributed by atoms with E-state index in [9.17, 15) is 19.2 Å². The maximum absolute atomic E-state index is 12.9. The van der Waals surface area contributed by atoms with Crippen LogP contribution in [0.5, 0.6) is 0 Å². The van der Waals surface area contributed by atoms with Crippen molar-refractivity contribution in [3.63, 3.8) is 0 Å². The second kappa shape index (κ2) is 10.00. The van der Waals surface area contributed by atoms with Gasteiger partial charge in [0.15, 0.2) is 0 Å². The maximum atomic E-state index is 12.9. The summed E-state index contributed by atoms with van der Waals surface area (Å²) in [5.41, 5.74) is 9.06. The topological polar surface area (TPSA) is 159 Å². The average Bonchev–Trinajstić information content (AvgIpc) is 3.53. The first-order valence-electron chi connectivity index (χ1n) is 12.1. The van der Waals surface area contributed by atoms with Gasteiger partial charge in [0.1, 0.15) is 11.6 Å². The quantitative estimate of drug-likeness (QED) is 0.391. The molecule has 1 atom stereocenters. The molecule has 5 amide bonds. The molecule has 1 saturated heterocycles. The number of amides is 5. The molecule has 1 unspecified atom stereocenters. The first-order valence-corrected chi connectivity index (χ1v) is 12.1. The van der Waals surface area contributed by atoms with Gasteiger partial charge in [-0.15, -0.1) is 0 Å². The molecule has 0 radical (unpaired) electrons. The number of rotatable bonds is 5. The van der Waals surface area contributed by atoms with Crippen LogP contribution in [-0.2, 0) is 20.9 Å². The van der Waals surface area contributed by atoms with Crippen molar-refractivity contribution in [2.45, 2.75) is 58.7 Å². The Balaban J connectivity index is 1.45. The molecule has 1 aromatic heterocycles. The summed E-state index contributed by atoms with van der Waals surface area (Å²) in [6.07, 6.45) is 2.59. The number of ether oxygens (including phenoxy) is 1. The Morgan fingerprint density at radius 2 is 1.97 bits per heavy atom. The molecule has 1 aromatic carbocycles. The van der Waals surface area contributed by atoms with E-state index in [2.05, 4.69) is 20.9 Å². The van der Waals surface area contributed by atoms with Crippen LogP contribution in [0.25, 0.3) is 11.1 Å². The number of anilines is 2. The number of carbonyl (C=O) groups excluding carboxylic acids is 4. The predicted octanol–water partition coefficient (Wildman–Crippen LogP) is 3.40. The lowest BCUT2D eigenvalue weighted by atomic mass is 9.99. The van der Waals surface area contributed by atoms with E-state index in [0.29, 0.717) is 46.7 Å². The number of fused-ring (bicyclic) bond motifs is 1. The normalized spacial score (nSPS) is 18.2. The van der Waals surface area contributed by atoms with Crippen LogP contribution in [0.15, 0.2) is 30.5 Å². The lowest BCUT2D eigenvalue weighted by Crippen LogP contribution is -2.47. The third-order valence-electron chi connectivity index (χ3n) is 6.20. The monoisotopic (exact) mass is 508 g/mol. The summed E-state index contributed by atoms with van der Waals surface area (Å²) in [6.45, 7) is 7.94. The van der Waals surface area contributed by atoms with Crippen LogP contribution < -0.4 is 21.7 Å². The summed E-state index contributed by atoms with van der Waals surface area (Å²) >= 11 is 0. The number of hydrogen-bond donors (Lipinski definition) is 5. The zero-order valence-electron chi connectivity index (χ0n) is 21.4. The molecule has 196 valence electrons. The van der Waals surface area contributed by atoms with Gasteiger partial charge in [-0.05, 0) is 75.9 Å². The van der Waals surface area contributed by atoms with Gasteiger partial charge in [0, 0.05) is 41.9 Å². The highest BCUT2D eigenvalue weighted by Crippen LogP contribution is 2.38. The first kappa shape index (κ1) is 25.8. The number of H-pyrrole nitrogens is 1. The van der Waals surface area contributed by atoms with Crippen LogP contribution in [-0.4, -0.2) is 52.0 Å². The molecule has 2 aliphatic heterocycles. The van der Waals surface area contributed by atoms with E-state index in [4.69, 9.17) is 10.5 Å². The predicted molar refractivity (Wildman–Crippen MR) is 139 cm³/mol. The highest BCUT2D eigenvalue weighted by atomic mass is 16.6. The zero-order valence-corrected chi connectivity index (χ0v) is 21.4. The van der Waals surface area contributed by atoms with Gasteiger partial charge in [-0.25, -0.2) is 9.59 Å². The summed E-state index contributed by atoms with van der Waals surface area (Å²) < 4.78 is 5.44. The molecule has 6 N–H and O–H groups in total. The maximum Gasteiger partial charge on any atom is 0.410 e. The number of nitrogens with zero attached hydrogens (tertiary/aromatic N) is 1. The minimum atomic E-state index is -0.692. The number of aromatic nitrogens is 1. The molecular formula is C26H32N6O5. The number of likely N-dealkylation sites (tertiary alicyclic amines) is 1. The van der Waals surface area contributed by atoms with Crippen LogP contribution in [0.4, 0.5) is 21.0 Å². The zero-order chi connectivity index (χ0) is 26.9. The Labute approximate surface area is 214 Å². The van der Waals surface area contributed by atoms with Gasteiger partial charge in [-0.2, -0.15) is 0 Å². The third kappa shape index (κ3) is 5.76. The van der Waals surface area contributed by atoms with E-state index in [1.165, 1.54) is 4.90 Å². The Morgan fingerprint density at radius 1 is 1.22 bits per heavy atom. The van der Waals surface area contributed by atoms with Crippen molar-refractivity contribution in [3.8, 4) is 0 Å². The highest BCUT2D eigenvalue weighted by molar-refractivity contribution is 6.36. The second-order valence-electron chi connectivity index (χ2n) is 10.2. The van der Waals surface area contributed by atoms with Crippen molar-refractivity contribution in [3.05, 3.63) is 47.3 Å². The van der Waals surface area contributed by atoms with Crippen LogP contribution in [0.1, 0.15) is 57.4 Å². The molecule has 0 spiro atoms. The first-order chi connectivity index (χ1) is 17.4. The minimum absolute atomic E-state index is 0.236. The standard InChI is InChI=1S/C26H32N6O5/c1-14(21-17-11-16(30-24(27)35)7-8-18(17)31-23(21)34)19-10-15(12-28-19)13-29-22(33)20-6-5-9-32(20)25(36)37-26(2,3)4/h7-8,10-12,20,28H,5-6,9,13H2,1-4H3,(H,29,33)(H,31,34)(H3,27,30,35). The molecule has 11 heteroatoms. The van der Waals surface area contributed by atoms with Crippen LogP contribution >= 0.6 is 0 Å². The van der Waals surface area contributed by atoms with Gasteiger partial charge in [0.25, 0.3) is 5.91 Å². The molecule has 37 heavy (non-hydrogen) atoms. The molecule has 2 aliphatic rings. The number of nitrogens with one attached hydrogen (secondary N) is 4. The number of carbonyl (C=O) groups is 4. The number of urea groups is 1. The van der Waals surface area contributed by atoms with Gasteiger partial charge in [0.05, 0.1) is 5.57 Å². The summed E-state index contributed by atoms with van der Waals surface area (Å²) in [4.78, 5) is 54.0. The molecular weight excluding hydrogens is 476 g/mol. The number of allylic oxidation sites excluding steroid dienone is 1. The number of hydrogen-bond acceptors (Lipinski definition) is 5. The fourth-order valence-corrected chi connectivity index (χ4v) is 4.54. The van der Waals surface area contributed by atoms with Crippen molar-refractivity contribution < 1.29 is 23.9 Å². The summed E-state index contributed by atoms with van der Waals surface area (Å²) in [7, 11) is 0. The van der Waals surface area contributed by atoms with Crippen LogP contribution in [0, 0.1) is 0 Å². The molecule has 4 rings (SSSR count). The summed E-state index contributed by atoms with van der Waals surface area (Å²) in [5, 5.41) is 8.26. The average molecular weight is 509 g/mol. The number of primary amides is 1. The van der Waals surface area contributed by atoms with E-state index in [1.54, 1.807) is 45.2 Å². The Kier molecular flexibility index (Phi) is 6.97. The van der Waals surface area contributed by atoms with Crippen LogP contribution in [0.3, 0.4) is 0 Å². The van der Waals surface area contributed by atoms with E-state index < -0.39 is 23.8 Å². The Morgan fingerprint density at radius 3 is 2.68 bits per heavy atom. The summed E-state index contributed by atoms with van der Waals surface area (Å²) in [6, 6.07) is 5.66. The second-order valence-corrected chi connectivity index (χ2v) is 10.2. The number of nitrogens with two attached hydrogens (primary N) is 1. The highest BCUT2D eigenvalue weighted by Gasteiger charge is 2.36. The van der Waals surface area contributed by atoms with Crippen molar-refractivity contribution in [1.29, 1.82) is 0 Å². The van der Waals surface area contributed by atoms with Gasteiger partial charge in [-0.3, -0.25) is 14.5 Å². The Bertz CT molecular complexity index is 1290. The molecule has 0 aliphatic carbocycles. The van der Waals surface area contributed by atoms with Gasteiger partial charge in [0.2, 0.25) is 5.91 Å². The van der Waals surface area contributed by atoms with Crippen molar-refractivity contribution in [1.82, 2.24) is 15.2 Å². The fourth-order valence-electron chi connectivity index (χ4n) is 4.54. The SMILES string of the molecule is CC(=C1C(=O)Nc2ccc(NC(N)=O)cc21)c1cc(CNC(=O)C2CCCN2C(=O)OC(C)(C)C)c[nH]1. The lowest BCUT2D eigenvalue weighted by Gasteiger charge is -2.28. The van der Waals surface area contributed by atoms with E-state index in [1.807, 2.05) is 13.0 Å². The number of aromatic amines is 1. The van der Waals surface area contributed by atoms with E-state index in [0.717, 1.165) is 12.0 Å². The smallest absolute Gasteiger partial charge is 0.410 e. The minimum Gasteiger partial charge on any atom is -0.444 e. The molecule has 11 nitrogen and oxygen atoms in total. The van der Waals surface area contributed by atoms with Gasteiger partial charge >= 0.3 is 12.1 Å². The molecule has 1 fully saturated rings. The molecule has 0 saturated carbocycles. The lowest BCUT2D eigenvalue weighted by molar-refractivity contribution is -0.125. The van der Waals surface area contributed by atoms with Crippen molar-refractivity contribution in [2.75, 3.05) is 17.2 Å². The van der Waals surface area contributed by atoms with Gasteiger partial charge < -0.3 is 31.4 Å². The summed E-state index contributed by atoms with van der Waals surface area (Å²) in [5.74, 6) is -0.489. The molecule has 2 aromatic rings. The van der Waals surface area contributed by atoms with E-state index >= 15 is 0 Å². The van der Waals surface area contributed by atoms with E-state index in [-0.39, 0.29) is 18.4 Å². The Hall–Kier alpha value is -4.28. The molecule has 0 bridgehead atoms. The molecule has 3 heterocycles. The van der Waals surface area contributed by atoms with Crippen molar-refractivity contribution in [2.24, 2.45) is 5.73 Å².